The van der Waals surface area contributed by atoms with E-state index >= 15 is 0 Å². The van der Waals surface area contributed by atoms with Gasteiger partial charge in [-0.15, -0.1) is 0 Å². The van der Waals surface area contributed by atoms with Crippen LogP contribution in [0.3, 0.4) is 0 Å². The van der Waals surface area contributed by atoms with E-state index in [1.807, 2.05) is 34.6 Å². The molecule has 0 aliphatic rings. The topological polar surface area (TPSA) is 52.6 Å². The summed E-state index contributed by atoms with van der Waals surface area (Å²) in [6.07, 6.45) is 0.374. The van der Waals surface area contributed by atoms with Gasteiger partial charge in [-0.05, 0) is 32.1 Å². The van der Waals surface area contributed by atoms with Crippen molar-refractivity contribution >= 4 is 11.9 Å². The second kappa shape index (κ2) is 6.76. The van der Waals surface area contributed by atoms with Crippen LogP contribution >= 0.6 is 0 Å². The molecule has 0 unspecified atom stereocenters. The molecule has 0 saturated carbocycles. The summed E-state index contributed by atoms with van der Waals surface area (Å²) in [5, 5.41) is 0. The molecule has 0 atom stereocenters. The number of esters is 2. The van der Waals surface area contributed by atoms with Gasteiger partial charge in [0.2, 0.25) is 0 Å². The third kappa shape index (κ3) is 5.52. The molecule has 0 fully saturated rings. The fraction of sp³-hybridized carbons (Fsp3) is 0.857. The molecule has 0 N–H and O–H groups in total. The Morgan fingerprint density at radius 1 is 1.00 bits per heavy atom. The molecule has 0 rings (SSSR count). The lowest BCUT2D eigenvalue weighted by molar-refractivity contribution is -0.181. The zero-order valence-electron chi connectivity index (χ0n) is 12.6. The summed E-state index contributed by atoms with van der Waals surface area (Å²) in [6, 6.07) is 0. The van der Waals surface area contributed by atoms with Gasteiger partial charge in [0.05, 0.1) is 0 Å². The van der Waals surface area contributed by atoms with Crippen molar-refractivity contribution in [2.24, 2.45) is 11.8 Å². The van der Waals surface area contributed by atoms with Crippen LogP contribution in [0.2, 0.25) is 0 Å². The second-order valence-corrected chi connectivity index (χ2v) is 5.86. The van der Waals surface area contributed by atoms with Crippen LogP contribution in [-0.4, -0.2) is 23.6 Å². The van der Waals surface area contributed by atoms with Gasteiger partial charge in [0, 0.05) is 0 Å². The van der Waals surface area contributed by atoms with Crippen molar-refractivity contribution in [2.75, 3.05) is 0 Å². The van der Waals surface area contributed by atoms with E-state index in [9.17, 15) is 9.59 Å². The first-order valence-electron chi connectivity index (χ1n) is 6.54. The molecule has 4 heteroatoms. The molecule has 0 aliphatic heterocycles. The molecule has 0 spiro atoms. The maximum Gasteiger partial charge on any atom is 0.418 e. The molecule has 18 heavy (non-hydrogen) atoms. The molecule has 0 aliphatic carbocycles. The zero-order valence-corrected chi connectivity index (χ0v) is 12.6. The van der Waals surface area contributed by atoms with Crippen molar-refractivity contribution in [2.45, 2.75) is 66.6 Å². The van der Waals surface area contributed by atoms with Gasteiger partial charge in [-0.3, -0.25) is 0 Å². The summed E-state index contributed by atoms with van der Waals surface area (Å²) in [7, 11) is 0. The SMILES string of the molecule is CCC(C)(C)OC(=O)C(=O)OC(C(C)C)C(C)C. The van der Waals surface area contributed by atoms with Crippen molar-refractivity contribution in [1.82, 2.24) is 0 Å². The van der Waals surface area contributed by atoms with Gasteiger partial charge < -0.3 is 9.47 Å². The Kier molecular flexibility index (Phi) is 6.36. The molecule has 0 bridgehead atoms. The lowest BCUT2D eigenvalue weighted by Crippen LogP contribution is -2.36. The fourth-order valence-electron chi connectivity index (χ4n) is 1.58. The van der Waals surface area contributed by atoms with Crippen molar-refractivity contribution < 1.29 is 19.1 Å². The van der Waals surface area contributed by atoms with Crippen LogP contribution in [0.5, 0.6) is 0 Å². The maximum atomic E-state index is 11.7. The number of carbonyl (C=O) groups is 2. The van der Waals surface area contributed by atoms with Crippen LogP contribution in [0.25, 0.3) is 0 Å². The summed E-state index contributed by atoms with van der Waals surface area (Å²) < 4.78 is 10.3. The van der Waals surface area contributed by atoms with Crippen LogP contribution in [0.4, 0.5) is 0 Å². The molecule has 0 amide bonds. The van der Waals surface area contributed by atoms with E-state index in [-0.39, 0.29) is 17.9 Å². The number of rotatable bonds is 5. The quantitative estimate of drug-likeness (QED) is 0.562. The summed E-state index contributed by atoms with van der Waals surface area (Å²) in [5.74, 6) is -1.47. The first kappa shape index (κ1) is 16.9. The van der Waals surface area contributed by atoms with Crippen LogP contribution in [0.1, 0.15) is 54.9 Å². The Morgan fingerprint density at radius 2 is 1.44 bits per heavy atom. The lowest BCUT2D eigenvalue weighted by Gasteiger charge is -2.26. The lowest BCUT2D eigenvalue weighted by atomic mass is 9.96. The summed E-state index contributed by atoms with van der Waals surface area (Å²) >= 11 is 0. The van der Waals surface area contributed by atoms with Gasteiger partial charge in [0.1, 0.15) is 11.7 Å². The zero-order chi connectivity index (χ0) is 14.5. The standard InChI is InChI=1S/C14H26O4/c1-8-14(6,7)18-13(16)12(15)17-11(9(2)3)10(4)5/h9-11H,8H2,1-7H3. The highest BCUT2D eigenvalue weighted by Crippen LogP contribution is 2.18. The summed E-state index contributed by atoms with van der Waals surface area (Å²) in [6.45, 7) is 13.3. The van der Waals surface area contributed by atoms with E-state index in [1.165, 1.54) is 0 Å². The normalized spacial score (nSPS) is 12.1. The summed E-state index contributed by atoms with van der Waals surface area (Å²) in [4.78, 5) is 23.3. The van der Waals surface area contributed by atoms with Gasteiger partial charge in [-0.1, -0.05) is 34.6 Å². The Hall–Kier alpha value is -1.06. The molecule has 0 aromatic rings. The van der Waals surface area contributed by atoms with Crippen molar-refractivity contribution in [3.05, 3.63) is 0 Å². The highest BCUT2D eigenvalue weighted by atomic mass is 16.6. The Balaban J connectivity index is 4.53. The molecule has 106 valence electrons. The number of hydrogen-bond acceptors (Lipinski definition) is 4. The van der Waals surface area contributed by atoms with Gasteiger partial charge in [-0.25, -0.2) is 9.59 Å². The average Bonchev–Trinajstić information content (AvgIpc) is 2.23. The molecule has 0 radical (unpaired) electrons. The van der Waals surface area contributed by atoms with Crippen LogP contribution in [-0.2, 0) is 19.1 Å². The second-order valence-electron chi connectivity index (χ2n) is 5.86. The molecular formula is C14H26O4. The largest absolute Gasteiger partial charge is 0.453 e. The molecule has 4 nitrogen and oxygen atoms in total. The average molecular weight is 258 g/mol. The van der Waals surface area contributed by atoms with Gasteiger partial charge in [0.15, 0.2) is 0 Å². The van der Waals surface area contributed by atoms with Gasteiger partial charge in [0.25, 0.3) is 0 Å². The van der Waals surface area contributed by atoms with E-state index < -0.39 is 17.5 Å². The minimum absolute atomic E-state index is 0.168. The third-order valence-electron chi connectivity index (χ3n) is 2.94. The highest BCUT2D eigenvalue weighted by Gasteiger charge is 2.30. The number of hydrogen-bond donors (Lipinski definition) is 0. The van der Waals surface area contributed by atoms with Crippen LogP contribution in [0.15, 0.2) is 0 Å². The first-order chi connectivity index (χ1) is 8.10. The molecular weight excluding hydrogens is 232 g/mol. The van der Waals surface area contributed by atoms with E-state index in [4.69, 9.17) is 9.47 Å². The smallest absolute Gasteiger partial charge is 0.418 e. The van der Waals surface area contributed by atoms with E-state index in [1.54, 1.807) is 13.8 Å². The predicted octanol–water partition coefficient (Wildman–Crippen LogP) is 2.94. The molecule has 0 aromatic carbocycles. The van der Waals surface area contributed by atoms with E-state index in [2.05, 4.69) is 0 Å². The minimum atomic E-state index is -0.909. The van der Waals surface area contributed by atoms with Crippen LogP contribution in [0, 0.1) is 11.8 Å². The van der Waals surface area contributed by atoms with Crippen molar-refractivity contribution in [3.63, 3.8) is 0 Å². The predicted molar refractivity (Wildman–Crippen MR) is 70.0 cm³/mol. The maximum absolute atomic E-state index is 11.7. The summed E-state index contributed by atoms with van der Waals surface area (Å²) in [5.41, 5.74) is -0.638. The monoisotopic (exact) mass is 258 g/mol. The van der Waals surface area contributed by atoms with E-state index in [0.29, 0.717) is 6.42 Å². The fourth-order valence-corrected chi connectivity index (χ4v) is 1.58. The number of carbonyl (C=O) groups excluding carboxylic acids is 2. The molecule has 0 aromatic heterocycles. The van der Waals surface area contributed by atoms with Gasteiger partial charge in [-0.2, -0.15) is 0 Å². The highest BCUT2D eigenvalue weighted by molar-refractivity contribution is 6.29. The third-order valence-corrected chi connectivity index (χ3v) is 2.94. The Labute approximate surface area is 110 Å². The van der Waals surface area contributed by atoms with Crippen LogP contribution < -0.4 is 0 Å². The van der Waals surface area contributed by atoms with Crippen molar-refractivity contribution in [3.8, 4) is 0 Å². The molecule has 0 heterocycles. The minimum Gasteiger partial charge on any atom is -0.453 e. The van der Waals surface area contributed by atoms with E-state index in [0.717, 1.165) is 0 Å². The Bertz CT molecular complexity index is 284. The Morgan fingerprint density at radius 3 is 1.78 bits per heavy atom. The number of ether oxygens (including phenoxy) is 2. The van der Waals surface area contributed by atoms with Gasteiger partial charge >= 0.3 is 11.9 Å². The van der Waals surface area contributed by atoms with Crippen molar-refractivity contribution in [1.29, 1.82) is 0 Å². The first-order valence-corrected chi connectivity index (χ1v) is 6.54. The molecule has 0 saturated heterocycles.